The Balaban J connectivity index is 2.98. The van der Waals surface area contributed by atoms with E-state index >= 15 is 0 Å². The van der Waals surface area contributed by atoms with Gasteiger partial charge in [-0.05, 0) is 12.8 Å². The zero-order valence-electron chi connectivity index (χ0n) is 6.40. The summed E-state index contributed by atoms with van der Waals surface area (Å²) >= 11 is 0. The molecule has 1 heterocycles. The predicted molar refractivity (Wildman–Crippen MR) is 38.4 cm³/mol. The first-order chi connectivity index (χ1) is 5.67. The van der Waals surface area contributed by atoms with Gasteiger partial charge in [-0.1, -0.05) is 0 Å². The highest BCUT2D eigenvalue weighted by molar-refractivity contribution is 5.99. The molecule has 1 aliphatic heterocycles. The first-order valence-corrected chi connectivity index (χ1v) is 3.59. The van der Waals surface area contributed by atoms with E-state index in [-0.39, 0.29) is 6.42 Å². The summed E-state index contributed by atoms with van der Waals surface area (Å²) in [5, 5.41) is 8.73. The van der Waals surface area contributed by atoms with Crippen LogP contribution in [0.15, 0.2) is 0 Å². The molecule has 1 N–H and O–H groups in total. The van der Waals surface area contributed by atoms with Crippen molar-refractivity contribution < 1.29 is 19.5 Å². The zero-order valence-corrected chi connectivity index (χ0v) is 6.40. The van der Waals surface area contributed by atoms with Gasteiger partial charge in [0.05, 0.1) is 0 Å². The summed E-state index contributed by atoms with van der Waals surface area (Å²) in [4.78, 5) is 32.7. The number of likely N-dealkylation sites (tertiary alicyclic amines) is 1. The number of amides is 1. The van der Waals surface area contributed by atoms with Crippen LogP contribution in [0.4, 0.5) is 0 Å². The monoisotopic (exact) mass is 171 g/mol. The Labute approximate surface area is 69.0 Å². The fraction of sp³-hybridized carbons (Fsp3) is 0.571. The highest BCUT2D eigenvalue weighted by Gasteiger charge is 2.47. The lowest BCUT2D eigenvalue weighted by Gasteiger charge is -2.25. The second kappa shape index (κ2) is 2.92. The van der Waals surface area contributed by atoms with E-state index in [1.807, 2.05) is 0 Å². The van der Waals surface area contributed by atoms with Gasteiger partial charge in [0.25, 0.3) is 0 Å². The summed E-state index contributed by atoms with van der Waals surface area (Å²) in [6, 6.07) is 0. The first kappa shape index (κ1) is 8.70. The van der Waals surface area contributed by atoms with Gasteiger partial charge in [-0.2, -0.15) is 0 Å². The maximum absolute atomic E-state index is 10.7. The lowest BCUT2D eigenvalue weighted by atomic mass is 9.99. The Morgan fingerprint density at radius 2 is 2.17 bits per heavy atom. The molecule has 1 amide bonds. The van der Waals surface area contributed by atoms with Gasteiger partial charge < -0.3 is 14.8 Å². The fourth-order valence-electron chi connectivity index (χ4n) is 1.42. The third-order valence-corrected chi connectivity index (χ3v) is 2.16. The van der Waals surface area contributed by atoms with Crippen molar-refractivity contribution in [1.29, 1.82) is 0 Å². The van der Waals surface area contributed by atoms with Crippen molar-refractivity contribution in [3.8, 4) is 0 Å². The zero-order chi connectivity index (χ0) is 9.19. The number of aliphatic carboxylic acids is 1. The third-order valence-electron chi connectivity index (χ3n) is 2.16. The predicted octanol–water partition coefficient (Wildman–Crippen LogP) is -0.739. The molecular formula is C7H9NO4. The molecular weight excluding hydrogens is 162 g/mol. The van der Waals surface area contributed by atoms with E-state index in [1.54, 1.807) is 0 Å². The summed E-state index contributed by atoms with van der Waals surface area (Å²) in [5.41, 5.74) is -1.60. The van der Waals surface area contributed by atoms with Crippen molar-refractivity contribution in [3.63, 3.8) is 0 Å². The van der Waals surface area contributed by atoms with Crippen LogP contribution in [0.1, 0.15) is 12.8 Å². The van der Waals surface area contributed by atoms with Crippen molar-refractivity contribution >= 4 is 18.7 Å². The highest BCUT2D eigenvalue weighted by atomic mass is 16.4. The molecule has 0 aromatic heterocycles. The molecule has 0 unspecified atom stereocenters. The van der Waals surface area contributed by atoms with E-state index in [4.69, 9.17) is 5.11 Å². The number of nitrogens with zero attached hydrogens (tertiary/aromatic N) is 1. The Morgan fingerprint density at radius 3 is 2.50 bits per heavy atom. The summed E-state index contributed by atoms with van der Waals surface area (Å²) in [6.07, 6.45) is 1.51. The Bertz CT molecular complexity index is 227. The van der Waals surface area contributed by atoms with Gasteiger partial charge in [0.1, 0.15) is 0 Å². The van der Waals surface area contributed by atoms with Gasteiger partial charge in [-0.15, -0.1) is 0 Å². The molecule has 0 spiro atoms. The molecule has 12 heavy (non-hydrogen) atoms. The lowest BCUT2D eigenvalue weighted by Crippen LogP contribution is -2.51. The SMILES string of the molecule is O=CN1CCC[C@@]1(C=O)C(=O)O. The van der Waals surface area contributed by atoms with E-state index in [0.717, 1.165) is 4.90 Å². The average molecular weight is 171 g/mol. The van der Waals surface area contributed by atoms with Crippen molar-refractivity contribution in [2.45, 2.75) is 18.4 Å². The molecule has 0 aromatic carbocycles. The van der Waals surface area contributed by atoms with Gasteiger partial charge in [-0.3, -0.25) is 4.79 Å². The van der Waals surface area contributed by atoms with E-state index in [2.05, 4.69) is 0 Å². The molecule has 1 atom stereocenters. The maximum atomic E-state index is 10.7. The molecule has 5 heteroatoms. The number of carbonyl (C=O) groups excluding carboxylic acids is 2. The second-order valence-corrected chi connectivity index (χ2v) is 2.75. The van der Waals surface area contributed by atoms with E-state index in [0.29, 0.717) is 25.7 Å². The Morgan fingerprint density at radius 1 is 1.50 bits per heavy atom. The summed E-state index contributed by atoms with van der Waals surface area (Å²) in [7, 11) is 0. The quantitative estimate of drug-likeness (QED) is 0.448. The van der Waals surface area contributed by atoms with Crippen LogP contribution >= 0.6 is 0 Å². The molecule has 66 valence electrons. The molecule has 1 fully saturated rings. The smallest absolute Gasteiger partial charge is 0.337 e. The fourth-order valence-corrected chi connectivity index (χ4v) is 1.42. The molecule has 0 bridgehead atoms. The number of hydrogen-bond donors (Lipinski definition) is 1. The molecule has 5 nitrogen and oxygen atoms in total. The largest absolute Gasteiger partial charge is 0.479 e. The van der Waals surface area contributed by atoms with Gasteiger partial charge in [0.15, 0.2) is 11.8 Å². The topological polar surface area (TPSA) is 74.7 Å². The molecule has 0 aliphatic carbocycles. The van der Waals surface area contributed by atoms with Crippen LogP contribution in [0.25, 0.3) is 0 Å². The second-order valence-electron chi connectivity index (χ2n) is 2.75. The molecule has 0 saturated carbocycles. The van der Waals surface area contributed by atoms with E-state index in [9.17, 15) is 14.4 Å². The number of aldehydes is 1. The minimum absolute atomic E-state index is 0.213. The Hall–Kier alpha value is -1.39. The van der Waals surface area contributed by atoms with Crippen molar-refractivity contribution in [3.05, 3.63) is 0 Å². The van der Waals surface area contributed by atoms with Crippen molar-refractivity contribution in [2.24, 2.45) is 0 Å². The summed E-state index contributed by atoms with van der Waals surface area (Å²) in [5.74, 6) is -1.25. The minimum atomic E-state index is -1.60. The molecule has 0 aromatic rings. The minimum Gasteiger partial charge on any atom is -0.479 e. The van der Waals surface area contributed by atoms with Crippen molar-refractivity contribution in [1.82, 2.24) is 4.90 Å². The number of carbonyl (C=O) groups is 3. The highest BCUT2D eigenvalue weighted by Crippen LogP contribution is 2.25. The molecule has 0 radical (unpaired) electrons. The van der Waals surface area contributed by atoms with Crippen LogP contribution in [0.2, 0.25) is 0 Å². The van der Waals surface area contributed by atoms with Gasteiger partial charge >= 0.3 is 5.97 Å². The first-order valence-electron chi connectivity index (χ1n) is 3.59. The summed E-state index contributed by atoms with van der Waals surface area (Å²) < 4.78 is 0. The standard InChI is InChI=1S/C7H9NO4/c9-4-7(6(11)12)2-1-3-8(7)5-10/h4-5H,1-3H2,(H,11,12)/t7-/m1/s1. The van der Waals surface area contributed by atoms with Gasteiger partial charge in [0, 0.05) is 6.54 Å². The molecule has 1 rings (SSSR count). The number of carboxylic acid groups (broad SMARTS) is 1. The normalized spacial score (nSPS) is 28.5. The van der Waals surface area contributed by atoms with Crippen LogP contribution in [0.5, 0.6) is 0 Å². The van der Waals surface area contributed by atoms with Crippen molar-refractivity contribution in [2.75, 3.05) is 6.54 Å². The number of rotatable bonds is 3. The van der Waals surface area contributed by atoms with E-state index < -0.39 is 11.5 Å². The van der Waals surface area contributed by atoms with Crippen LogP contribution in [-0.2, 0) is 14.4 Å². The molecule has 1 aliphatic rings. The van der Waals surface area contributed by atoms with Crippen LogP contribution in [0, 0.1) is 0 Å². The maximum Gasteiger partial charge on any atom is 0.337 e. The van der Waals surface area contributed by atoms with Crippen LogP contribution in [0.3, 0.4) is 0 Å². The lowest BCUT2D eigenvalue weighted by molar-refractivity contribution is -0.154. The number of carboxylic acids is 1. The van der Waals surface area contributed by atoms with Crippen LogP contribution < -0.4 is 0 Å². The average Bonchev–Trinajstić information content (AvgIpc) is 2.47. The summed E-state index contributed by atoms with van der Waals surface area (Å²) in [6.45, 7) is 0.342. The van der Waals surface area contributed by atoms with Gasteiger partial charge in [0.2, 0.25) is 6.41 Å². The third kappa shape index (κ3) is 0.975. The van der Waals surface area contributed by atoms with Crippen LogP contribution in [-0.4, -0.2) is 40.8 Å². The number of hydrogen-bond acceptors (Lipinski definition) is 3. The van der Waals surface area contributed by atoms with Gasteiger partial charge in [-0.25, -0.2) is 4.79 Å². The Kier molecular flexibility index (Phi) is 2.12. The molecule has 1 saturated heterocycles. The van der Waals surface area contributed by atoms with E-state index in [1.165, 1.54) is 0 Å².